The summed E-state index contributed by atoms with van der Waals surface area (Å²) in [7, 11) is 0. The van der Waals surface area contributed by atoms with Gasteiger partial charge in [-0.15, -0.1) is 0 Å². The fraction of sp³-hybridized carbons (Fsp3) is 0. The Morgan fingerprint density at radius 2 is 1.75 bits per heavy atom. The maximum absolute atomic E-state index is 13.2. The molecule has 0 spiro atoms. The second-order valence-electron chi connectivity index (χ2n) is 3.25. The highest BCUT2D eigenvalue weighted by Crippen LogP contribution is 2.26. The van der Waals surface area contributed by atoms with E-state index in [-0.39, 0.29) is 17.2 Å². The largest absolute Gasteiger partial charge is 0.454 e. The van der Waals surface area contributed by atoms with Crippen LogP contribution in [0.25, 0.3) is 0 Å². The minimum absolute atomic E-state index is 0.0347. The second kappa shape index (κ2) is 4.18. The number of hydrogen-bond donors (Lipinski definition) is 1. The molecule has 0 aromatic heterocycles. The molecule has 4 heteroatoms. The van der Waals surface area contributed by atoms with Crippen LogP contribution in [0.1, 0.15) is 0 Å². The van der Waals surface area contributed by atoms with Crippen molar-refractivity contribution in [2.45, 2.75) is 0 Å². The Hall–Kier alpha value is -2.10. The number of para-hydroxylation sites is 1. The van der Waals surface area contributed by atoms with Gasteiger partial charge < -0.3 is 10.5 Å². The molecule has 0 aliphatic rings. The molecule has 0 saturated heterocycles. The van der Waals surface area contributed by atoms with E-state index in [2.05, 4.69) is 0 Å². The molecule has 0 aliphatic heterocycles. The summed E-state index contributed by atoms with van der Waals surface area (Å²) in [6.07, 6.45) is 0. The Morgan fingerprint density at radius 1 is 1.00 bits per heavy atom. The first kappa shape index (κ1) is 10.4. The van der Waals surface area contributed by atoms with Crippen LogP contribution in [0.5, 0.6) is 11.5 Å². The van der Waals surface area contributed by atoms with Gasteiger partial charge in [-0.25, -0.2) is 8.78 Å². The van der Waals surface area contributed by atoms with Gasteiger partial charge in [0.05, 0.1) is 0 Å². The number of nitrogens with two attached hydrogens (primary N) is 1. The fourth-order valence-corrected chi connectivity index (χ4v) is 1.30. The molecule has 82 valence electrons. The zero-order chi connectivity index (χ0) is 11.5. The number of ether oxygens (including phenoxy) is 1. The lowest BCUT2D eigenvalue weighted by Crippen LogP contribution is -1.91. The third kappa shape index (κ3) is 2.28. The van der Waals surface area contributed by atoms with Crippen molar-refractivity contribution in [3.05, 3.63) is 54.1 Å². The lowest BCUT2D eigenvalue weighted by atomic mass is 10.3. The molecule has 0 amide bonds. The molecular formula is C12H9F2NO. The van der Waals surface area contributed by atoms with Gasteiger partial charge in [0.25, 0.3) is 0 Å². The van der Waals surface area contributed by atoms with E-state index in [0.717, 1.165) is 12.1 Å². The highest BCUT2D eigenvalue weighted by Gasteiger charge is 2.05. The quantitative estimate of drug-likeness (QED) is 0.789. The summed E-state index contributed by atoms with van der Waals surface area (Å²) in [6.45, 7) is 0. The van der Waals surface area contributed by atoms with Crippen molar-refractivity contribution in [1.29, 1.82) is 0 Å². The first-order valence-corrected chi connectivity index (χ1v) is 4.63. The molecule has 0 heterocycles. The van der Waals surface area contributed by atoms with E-state index in [0.29, 0.717) is 0 Å². The summed E-state index contributed by atoms with van der Waals surface area (Å²) in [6, 6.07) is 9.62. The van der Waals surface area contributed by atoms with E-state index < -0.39 is 11.6 Å². The molecule has 16 heavy (non-hydrogen) atoms. The highest BCUT2D eigenvalue weighted by molar-refractivity contribution is 5.45. The van der Waals surface area contributed by atoms with Crippen molar-refractivity contribution >= 4 is 5.69 Å². The van der Waals surface area contributed by atoms with Crippen LogP contribution in [0.4, 0.5) is 14.5 Å². The number of halogens is 2. The molecule has 0 unspecified atom stereocenters. The number of rotatable bonds is 2. The number of anilines is 1. The van der Waals surface area contributed by atoms with E-state index in [9.17, 15) is 8.78 Å². The van der Waals surface area contributed by atoms with E-state index in [4.69, 9.17) is 10.5 Å². The molecule has 0 saturated carbocycles. The van der Waals surface area contributed by atoms with Crippen molar-refractivity contribution in [3.8, 4) is 11.5 Å². The Labute approximate surface area is 91.3 Å². The first-order chi connectivity index (χ1) is 7.65. The Kier molecular flexibility index (Phi) is 2.72. The topological polar surface area (TPSA) is 35.2 Å². The van der Waals surface area contributed by atoms with Crippen molar-refractivity contribution in [3.63, 3.8) is 0 Å². The molecular weight excluding hydrogens is 212 g/mol. The standard InChI is InChI=1S/C12H9F2NO/c13-8-5-9(15)7-10(6-8)16-12-4-2-1-3-11(12)14/h1-7H,15H2. The van der Waals surface area contributed by atoms with Crippen LogP contribution >= 0.6 is 0 Å². The molecule has 0 aliphatic carbocycles. The third-order valence-corrected chi connectivity index (χ3v) is 1.96. The third-order valence-electron chi connectivity index (χ3n) is 1.96. The summed E-state index contributed by atoms with van der Waals surface area (Å²) >= 11 is 0. The first-order valence-electron chi connectivity index (χ1n) is 4.63. The van der Waals surface area contributed by atoms with Crippen molar-refractivity contribution in [2.75, 3.05) is 5.73 Å². The van der Waals surface area contributed by atoms with Gasteiger partial charge >= 0.3 is 0 Å². The molecule has 2 aromatic rings. The van der Waals surface area contributed by atoms with Gasteiger partial charge in [-0.3, -0.25) is 0 Å². The van der Waals surface area contributed by atoms with E-state index in [1.165, 1.54) is 18.2 Å². The Balaban J connectivity index is 2.30. The molecule has 0 radical (unpaired) electrons. The minimum Gasteiger partial charge on any atom is -0.454 e. The predicted molar refractivity (Wildman–Crippen MR) is 57.3 cm³/mol. The fourth-order valence-electron chi connectivity index (χ4n) is 1.30. The van der Waals surface area contributed by atoms with Crippen LogP contribution in [-0.4, -0.2) is 0 Å². The smallest absolute Gasteiger partial charge is 0.165 e. The Morgan fingerprint density at radius 3 is 2.44 bits per heavy atom. The maximum atomic E-state index is 13.2. The van der Waals surface area contributed by atoms with Crippen LogP contribution in [0, 0.1) is 11.6 Å². The lowest BCUT2D eigenvalue weighted by Gasteiger charge is -2.07. The van der Waals surface area contributed by atoms with Crippen molar-refractivity contribution in [2.24, 2.45) is 0 Å². The average Bonchev–Trinajstić information content (AvgIpc) is 2.20. The van der Waals surface area contributed by atoms with Gasteiger partial charge in [0, 0.05) is 17.8 Å². The summed E-state index contributed by atoms with van der Waals surface area (Å²) in [5.41, 5.74) is 5.67. The molecule has 2 rings (SSSR count). The second-order valence-corrected chi connectivity index (χ2v) is 3.25. The summed E-state index contributed by atoms with van der Waals surface area (Å²) < 4.78 is 31.4. The normalized spacial score (nSPS) is 10.1. The van der Waals surface area contributed by atoms with Crippen molar-refractivity contribution in [1.82, 2.24) is 0 Å². The molecule has 2 nitrogen and oxygen atoms in total. The van der Waals surface area contributed by atoms with Gasteiger partial charge in [-0.2, -0.15) is 0 Å². The molecule has 0 bridgehead atoms. The van der Waals surface area contributed by atoms with Crippen LogP contribution < -0.4 is 10.5 Å². The van der Waals surface area contributed by atoms with E-state index >= 15 is 0 Å². The maximum Gasteiger partial charge on any atom is 0.165 e. The highest BCUT2D eigenvalue weighted by atomic mass is 19.1. The molecule has 2 aromatic carbocycles. The molecule has 2 N–H and O–H groups in total. The summed E-state index contributed by atoms with van der Waals surface area (Å²) in [5, 5.41) is 0. The van der Waals surface area contributed by atoms with Crippen LogP contribution in [0.2, 0.25) is 0 Å². The SMILES string of the molecule is Nc1cc(F)cc(Oc2ccccc2F)c1. The average molecular weight is 221 g/mol. The predicted octanol–water partition coefficient (Wildman–Crippen LogP) is 3.34. The van der Waals surface area contributed by atoms with Gasteiger partial charge in [-0.05, 0) is 18.2 Å². The van der Waals surface area contributed by atoms with Crippen LogP contribution in [0.15, 0.2) is 42.5 Å². The zero-order valence-corrected chi connectivity index (χ0v) is 8.28. The minimum atomic E-state index is -0.522. The van der Waals surface area contributed by atoms with Gasteiger partial charge in [0.15, 0.2) is 11.6 Å². The van der Waals surface area contributed by atoms with Gasteiger partial charge in [0.1, 0.15) is 11.6 Å². The number of hydrogen-bond acceptors (Lipinski definition) is 2. The van der Waals surface area contributed by atoms with Crippen LogP contribution in [0.3, 0.4) is 0 Å². The van der Waals surface area contributed by atoms with E-state index in [1.807, 2.05) is 0 Å². The number of nitrogen functional groups attached to an aromatic ring is 1. The summed E-state index contributed by atoms with van der Waals surface area (Å²) in [4.78, 5) is 0. The van der Waals surface area contributed by atoms with Gasteiger partial charge in [-0.1, -0.05) is 12.1 Å². The monoisotopic (exact) mass is 221 g/mol. The molecule has 0 atom stereocenters. The zero-order valence-electron chi connectivity index (χ0n) is 8.28. The summed E-state index contributed by atoms with van der Waals surface area (Å²) in [5.74, 6) is -0.827. The number of benzene rings is 2. The van der Waals surface area contributed by atoms with E-state index in [1.54, 1.807) is 12.1 Å². The molecule has 0 fully saturated rings. The van der Waals surface area contributed by atoms with Crippen molar-refractivity contribution < 1.29 is 13.5 Å². The van der Waals surface area contributed by atoms with Gasteiger partial charge in [0.2, 0.25) is 0 Å². The van der Waals surface area contributed by atoms with Crippen LogP contribution in [-0.2, 0) is 0 Å². The lowest BCUT2D eigenvalue weighted by molar-refractivity contribution is 0.439. The Bertz CT molecular complexity index is 494.